The molecule has 0 aromatic carbocycles. The molecule has 0 atom stereocenters. The van der Waals surface area contributed by atoms with Crippen LogP contribution >= 0.6 is 0 Å². The van der Waals surface area contributed by atoms with Gasteiger partial charge in [0.2, 0.25) is 0 Å². The van der Waals surface area contributed by atoms with Crippen molar-refractivity contribution in [3.63, 3.8) is 0 Å². The van der Waals surface area contributed by atoms with Gasteiger partial charge in [0.25, 0.3) is 0 Å². The molecule has 0 fully saturated rings. The normalized spacial score (nSPS) is 9.35. The Balaban J connectivity index is 0.000000169. The Morgan fingerprint density at radius 3 is 0.323 bits per heavy atom. The molecule has 0 aliphatic rings. The summed E-state index contributed by atoms with van der Waals surface area (Å²) in [4.78, 5) is 41.9. The van der Waals surface area contributed by atoms with E-state index in [-0.39, 0.29) is 36.3 Å². The molecule has 0 aliphatic heterocycles. The van der Waals surface area contributed by atoms with Crippen LogP contribution in [0.4, 0.5) is 0 Å². The summed E-state index contributed by atoms with van der Waals surface area (Å²) in [6.07, 6.45) is 17.7. The standard InChI is InChI=1S/5C10H8N2.Co.Zn/c5*1-3-7-11-9(5-1)10-6-2-4-8-12-10;;/h5*1-8H;;. The molecule has 1 radical (unpaired) electrons. The fourth-order valence-corrected chi connectivity index (χ4v) is 5.14. The molecular weight excluding hydrogens is 865 g/mol. The van der Waals surface area contributed by atoms with Crippen LogP contribution in [0.15, 0.2) is 244 Å². The van der Waals surface area contributed by atoms with Crippen LogP contribution in [0.5, 0.6) is 0 Å². The molecule has 62 heavy (non-hydrogen) atoms. The summed E-state index contributed by atoms with van der Waals surface area (Å²) < 4.78 is 0. The van der Waals surface area contributed by atoms with Gasteiger partial charge in [-0.2, -0.15) is 0 Å². The van der Waals surface area contributed by atoms with Gasteiger partial charge in [-0.05, 0) is 121 Å². The summed E-state index contributed by atoms with van der Waals surface area (Å²) in [7, 11) is 0. The van der Waals surface area contributed by atoms with Gasteiger partial charge in [-0.15, -0.1) is 0 Å². The summed E-state index contributed by atoms with van der Waals surface area (Å²) in [5.74, 6) is 0. The zero-order valence-electron chi connectivity index (χ0n) is 33.6. The van der Waals surface area contributed by atoms with Gasteiger partial charge >= 0.3 is 0 Å². The molecule has 0 spiro atoms. The zero-order valence-corrected chi connectivity index (χ0v) is 37.6. The van der Waals surface area contributed by atoms with E-state index in [1.54, 1.807) is 62.0 Å². The van der Waals surface area contributed by atoms with Crippen LogP contribution < -0.4 is 0 Å². The first-order valence-electron chi connectivity index (χ1n) is 19.0. The Bertz CT molecular complexity index is 1980. The molecule has 10 aromatic heterocycles. The van der Waals surface area contributed by atoms with Crippen LogP contribution in [0.1, 0.15) is 0 Å². The zero-order chi connectivity index (χ0) is 41.1. The van der Waals surface area contributed by atoms with Crippen LogP contribution in [-0.4, -0.2) is 49.8 Å². The Hall–Kier alpha value is -7.37. The van der Waals surface area contributed by atoms with Gasteiger partial charge in [-0.1, -0.05) is 60.7 Å². The number of nitrogens with zero attached hydrogens (tertiary/aromatic N) is 10. The van der Waals surface area contributed by atoms with Crippen molar-refractivity contribution in [1.29, 1.82) is 0 Å². The van der Waals surface area contributed by atoms with Crippen molar-refractivity contribution in [2.75, 3.05) is 0 Å². The Kier molecular flexibility index (Phi) is 21.5. The smallest absolute Gasteiger partial charge is 0.0886 e. The van der Waals surface area contributed by atoms with Gasteiger partial charge in [0.1, 0.15) is 0 Å². The van der Waals surface area contributed by atoms with Crippen molar-refractivity contribution >= 4 is 0 Å². The molecule has 0 amide bonds. The number of hydrogen-bond acceptors (Lipinski definition) is 10. The van der Waals surface area contributed by atoms with Gasteiger partial charge in [0, 0.05) is 98.2 Å². The Morgan fingerprint density at radius 1 is 0.161 bits per heavy atom. The van der Waals surface area contributed by atoms with E-state index in [1.807, 2.05) is 182 Å². The van der Waals surface area contributed by atoms with Crippen LogP contribution in [0.25, 0.3) is 56.9 Å². The van der Waals surface area contributed by atoms with Crippen molar-refractivity contribution in [2.24, 2.45) is 0 Å². The maximum absolute atomic E-state index is 4.19. The third kappa shape index (κ3) is 16.4. The molecule has 0 unspecified atom stereocenters. The first-order chi connectivity index (χ1) is 29.8. The number of rotatable bonds is 5. The minimum Gasteiger partial charge on any atom is -0.255 e. The van der Waals surface area contributed by atoms with E-state index in [1.165, 1.54) is 0 Å². The molecule has 10 nitrogen and oxygen atoms in total. The third-order valence-corrected chi connectivity index (χ3v) is 7.96. The SMILES string of the molecule is [Co].[Zn].c1ccc(-c2ccccn2)nc1.c1ccc(-c2ccccn2)nc1.c1ccc(-c2ccccn2)nc1.c1ccc(-c2ccccn2)nc1.c1ccc(-c2ccccn2)nc1. The minimum atomic E-state index is 0. The van der Waals surface area contributed by atoms with Gasteiger partial charge in [0.15, 0.2) is 0 Å². The van der Waals surface area contributed by atoms with E-state index in [9.17, 15) is 0 Å². The second-order valence-electron chi connectivity index (χ2n) is 12.1. The van der Waals surface area contributed by atoms with Crippen LogP contribution in [0.2, 0.25) is 0 Å². The first kappa shape index (κ1) is 47.3. The van der Waals surface area contributed by atoms with E-state index in [0.29, 0.717) is 0 Å². The molecule has 10 aromatic rings. The fraction of sp³-hybridized carbons (Fsp3) is 0. The fourth-order valence-electron chi connectivity index (χ4n) is 5.14. The third-order valence-electron chi connectivity index (χ3n) is 7.96. The van der Waals surface area contributed by atoms with Crippen LogP contribution in [-0.2, 0) is 36.3 Å². The molecule has 10 heterocycles. The number of hydrogen-bond donors (Lipinski definition) is 0. The largest absolute Gasteiger partial charge is 0.255 e. The van der Waals surface area contributed by atoms with E-state index in [0.717, 1.165) is 56.9 Å². The Morgan fingerprint density at radius 2 is 0.258 bits per heavy atom. The summed E-state index contributed by atoms with van der Waals surface area (Å²) in [5, 5.41) is 0. The number of aromatic nitrogens is 10. The molecule has 0 aliphatic carbocycles. The molecule has 0 bridgehead atoms. The molecule has 12 heteroatoms. The van der Waals surface area contributed by atoms with E-state index >= 15 is 0 Å². The van der Waals surface area contributed by atoms with E-state index in [4.69, 9.17) is 0 Å². The first-order valence-corrected chi connectivity index (χ1v) is 19.0. The number of pyridine rings is 10. The summed E-state index contributed by atoms with van der Waals surface area (Å²) in [6, 6.07) is 58.0. The van der Waals surface area contributed by atoms with Crippen LogP contribution in [0, 0.1) is 0 Å². The van der Waals surface area contributed by atoms with Gasteiger partial charge in [0.05, 0.1) is 56.9 Å². The van der Waals surface area contributed by atoms with Gasteiger partial charge in [-0.3, -0.25) is 49.8 Å². The Labute approximate surface area is 384 Å². The summed E-state index contributed by atoms with van der Waals surface area (Å²) >= 11 is 0. The molecule has 301 valence electrons. The minimum absolute atomic E-state index is 0. The molecule has 10 rings (SSSR count). The quantitative estimate of drug-likeness (QED) is 0.154. The van der Waals surface area contributed by atoms with E-state index < -0.39 is 0 Å². The molecule has 0 saturated heterocycles. The predicted octanol–water partition coefficient (Wildman–Crippen LogP) is 10.7. The topological polar surface area (TPSA) is 129 Å². The van der Waals surface area contributed by atoms with Gasteiger partial charge < -0.3 is 0 Å². The van der Waals surface area contributed by atoms with E-state index in [2.05, 4.69) is 49.8 Å². The predicted molar refractivity (Wildman–Crippen MR) is 237 cm³/mol. The van der Waals surface area contributed by atoms with Crippen molar-refractivity contribution in [2.45, 2.75) is 0 Å². The summed E-state index contributed by atoms with van der Waals surface area (Å²) in [5.41, 5.74) is 9.15. The summed E-state index contributed by atoms with van der Waals surface area (Å²) in [6.45, 7) is 0. The van der Waals surface area contributed by atoms with Crippen molar-refractivity contribution in [1.82, 2.24) is 49.8 Å². The molecule has 0 N–H and O–H groups in total. The monoisotopic (exact) mass is 903 g/mol. The van der Waals surface area contributed by atoms with Crippen molar-refractivity contribution in [3.8, 4) is 56.9 Å². The molecule has 0 saturated carbocycles. The van der Waals surface area contributed by atoms with Crippen molar-refractivity contribution < 1.29 is 36.3 Å². The maximum atomic E-state index is 4.19. The molecular formula is C50H40CoN10Zn. The van der Waals surface area contributed by atoms with Gasteiger partial charge in [-0.25, -0.2) is 0 Å². The van der Waals surface area contributed by atoms with Crippen LogP contribution in [0.3, 0.4) is 0 Å². The average molecular weight is 905 g/mol. The second kappa shape index (κ2) is 28.2. The second-order valence-corrected chi connectivity index (χ2v) is 12.1. The van der Waals surface area contributed by atoms with Crippen molar-refractivity contribution in [3.05, 3.63) is 244 Å². The maximum Gasteiger partial charge on any atom is 0.0886 e. The average Bonchev–Trinajstić information content (AvgIpc) is 3.37.